The van der Waals surface area contributed by atoms with E-state index in [0.29, 0.717) is 12.8 Å². The molecular formula is C13H17FN2O4. The maximum absolute atomic E-state index is 13.5. The summed E-state index contributed by atoms with van der Waals surface area (Å²) in [7, 11) is 0. The summed E-state index contributed by atoms with van der Waals surface area (Å²) in [6.07, 6.45) is 0.863. The van der Waals surface area contributed by atoms with E-state index in [0.717, 1.165) is 18.2 Å². The molecule has 1 aromatic carbocycles. The van der Waals surface area contributed by atoms with E-state index in [-0.39, 0.29) is 12.2 Å². The summed E-state index contributed by atoms with van der Waals surface area (Å²) in [6.45, 7) is 3.49. The molecule has 0 aliphatic rings. The maximum Gasteiger partial charge on any atom is 0.270 e. The summed E-state index contributed by atoms with van der Waals surface area (Å²) in [5.74, 6) is -1.63. The first-order valence-electron chi connectivity index (χ1n) is 6.27. The van der Waals surface area contributed by atoms with Gasteiger partial charge < -0.3 is 10.4 Å². The van der Waals surface area contributed by atoms with Gasteiger partial charge in [0.2, 0.25) is 0 Å². The average molecular weight is 284 g/mol. The molecule has 0 unspecified atom stereocenters. The molecule has 1 amide bonds. The molecule has 0 aromatic heterocycles. The van der Waals surface area contributed by atoms with E-state index in [9.17, 15) is 24.4 Å². The number of nitro benzene ring substituents is 1. The van der Waals surface area contributed by atoms with E-state index in [1.807, 2.05) is 0 Å². The van der Waals surface area contributed by atoms with Crippen LogP contribution in [0.1, 0.15) is 37.0 Å². The number of hydrogen-bond donors (Lipinski definition) is 2. The van der Waals surface area contributed by atoms with Gasteiger partial charge in [-0.15, -0.1) is 0 Å². The van der Waals surface area contributed by atoms with E-state index in [4.69, 9.17) is 0 Å². The molecular weight excluding hydrogens is 267 g/mol. The van der Waals surface area contributed by atoms with Crippen molar-refractivity contribution in [1.29, 1.82) is 0 Å². The molecule has 110 valence electrons. The third kappa shape index (κ3) is 3.74. The fourth-order valence-electron chi connectivity index (χ4n) is 1.64. The Bertz CT molecular complexity index is 515. The molecule has 1 rings (SSSR count). The van der Waals surface area contributed by atoms with Crippen molar-refractivity contribution in [3.63, 3.8) is 0 Å². The number of nitrogens with zero attached hydrogens (tertiary/aromatic N) is 1. The summed E-state index contributed by atoms with van der Waals surface area (Å²) >= 11 is 0. The van der Waals surface area contributed by atoms with E-state index in [1.165, 1.54) is 0 Å². The lowest BCUT2D eigenvalue weighted by atomic mass is 9.97. The van der Waals surface area contributed by atoms with Gasteiger partial charge in [0.15, 0.2) is 0 Å². The first-order valence-corrected chi connectivity index (χ1v) is 6.27. The third-order valence-corrected chi connectivity index (χ3v) is 3.30. The van der Waals surface area contributed by atoms with Crippen molar-refractivity contribution < 1.29 is 19.2 Å². The largest absolute Gasteiger partial charge is 0.388 e. The number of rotatable bonds is 6. The Morgan fingerprint density at radius 2 is 2.05 bits per heavy atom. The molecule has 0 fully saturated rings. The van der Waals surface area contributed by atoms with Crippen LogP contribution in [0.3, 0.4) is 0 Å². The van der Waals surface area contributed by atoms with Crippen LogP contribution in [0.4, 0.5) is 10.1 Å². The van der Waals surface area contributed by atoms with Crippen LogP contribution in [-0.4, -0.2) is 28.1 Å². The summed E-state index contributed by atoms with van der Waals surface area (Å²) in [4.78, 5) is 21.7. The zero-order valence-electron chi connectivity index (χ0n) is 11.4. The van der Waals surface area contributed by atoms with Gasteiger partial charge in [-0.2, -0.15) is 0 Å². The zero-order chi connectivity index (χ0) is 15.3. The van der Waals surface area contributed by atoms with Gasteiger partial charge in [0.1, 0.15) is 5.82 Å². The second-order valence-electron chi connectivity index (χ2n) is 4.54. The number of nitro groups is 1. The summed E-state index contributed by atoms with van der Waals surface area (Å²) in [6, 6.07) is 2.74. The number of non-ortho nitro benzene ring substituents is 1. The topological polar surface area (TPSA) is 92.5 Å². The molecule has 7 heteroatoms. The van der Waals surface area contributed by atoms with Crippen LogP contribution in [0.25, 0.3) is 0 Å². The molecule has 0 aliphatic carbocycles. The van der Waals surface area contributed by atoms with Crippen LogP contribution in [0.5, 0.6) is 0 Å². The standard InChI is InChI=1S/C13H17FN2O4/c1-3-13(18,4-2)8-15-12(17)10-7-9(16(19)20)5-6-11(10)14/h5-7,18H,3-4,8H2,1-2H3,(H,15,17). The highest BCUT2D eigenvalue weighted by molar-refractivity contribution is 5.95. The van der Waals surface area contributed by atoms with Gasteiger partial charge in [0.05, 0.1) is 16.1 Å². The monoisotopic (exact) mass is 284 g/mol. The SMILES string of the molecule is CCC(O)(CC)CNC(=O)c1cc([N+](=O)[O-])ccc1F. The molecule has 2 N–H and O–H groups in total. The number of nitrogens with one attached hydrogen (secondary N) is 1. The van der Waals surface area contributed by atoms with E-state index >= 15 is 0 Å². The lowest BCUT2D eigenvalue weighted by molar-refractivity contribution is -0.384. The number of aliphatic hydroxyl groups is 1. The van der Waals surface area contributed by atoms with Gasteiger partial charge in [-0.05, 0) is 18.9 Å². The fourth-order valence-corrected chi connectivity index (χ4v) is 1.64. The van der Waals surface area contributed by atoms with Gasteiger partial charge in [0.25, 0.3) is 11.6 Å². The molecule has 0 heterocycles. The third-order valence-electron chi connectivity index (χ3n) is 3.30. The van der Waals surface area contributed by atoms with Crippen LogP contribution in [0, 0.1) is 15.9 Å². The zero-order valence-corrected chi connectivity index (χ0v) is 11.4. The smallest absolute Gasteiger partial charge is 0.270 e. The fraction of sp³-hybridized carbons (Fsp3) is 0.462. The summed E-state index contributed by atoms with van der Waals surface area (Å²) < 4.78 is 13.5. The molecule has 0 atom stereocenters. The molecule has 20 heavy (non-hydrogen) atoms. The van der Waals surface area contributed by atoms with Crippen molar-refractivity contribution in [2.75, 3.05) is 6.54 Å². The minimum absolute atomic E-state index is 0.0407. The van der Waals surface area contributed by atoms with E-state index in [1.54, 1.807) is 13.8 Å². The Morgan fingerprint density at radius 1 is 1.45 bits per heavy atom. The van der Waals surface area contributed by atoms with Gasteiger partial charge in [-0.1, -0.05) is 13.8 Å². The van der Waals surface area contributed by atoms with Gasteiger partial charge in [-0.25, -0.2) is 4.39 Å². The van der Waals surface area contributed by atoms with Crippen molar-refractivity contribution in [1.82, 2.24) is 5.32 Å². The number of benzene rings is 1. The number of hydrogen-bond acceptors (Lipinski definition) is 4. The molecule has 1 aromatic rings. The second-order valence-corrected chi connectivity index (χ2v) is 4.54. The van der Waals surface area contributed by atoms with Crippen molar-refractivity contribution >= 4 is 11.6 Å². The Morgan fingerprint density at radius 3 is 2.55 bits per heavy atom. The predicted octanol–water partition coefficient (Wildman–Crippen LogP) is 2.01. The van der Waals surface area contributed by atoms with Crippen LogP contribution in [0.2, 0.25) is 0 Å². The molecule has 0 spiro atoms. The Kier molecular flexibility index (Phi) is 5.15. The summed E-state index contributed by atoms with van der Waals surface area (Å²) in [5.41, 5.74) is -1.83. The van der Waals surface area contributed by atoms with Crippen molar-refractivity contribution in [2.45, 2.75) is 32.3 Å². The lowest BCUT2D eigenvalue weighted by Gasteiger charge is -2.25. The van der Waals surface area contributed by atoms with Crippen molar-refractivity contribution in [2.24, 2.45) is 0 Å². The highest BCUT2D eigenvalue weighted by Gasteiger charge is 2.24. The van der Waals surface area contributed by atoms with Gasteiger partial charge >= 0.3 is 0 Å². The Hall–Kier alpha value is -2.02. The number of carbonyl (C=O) groups is 1. The maximum atomic E-state index is 13.5. The molecule has 0 radical (unpaired) electrons. The number of halogens is 1. The Labute approximate surface area is 115 Å². The Balaban J connectivity index is 2.87. The van der Waals surface area contributed by atoms with Crippen LogP contribution < -0.4 is 5.32 Å². The van der Waals surface area contributed by atoms with Crippen molar-refractivity contribution in [3.8, 4) is 0 Å². The lowest BCUT2D eigenvalue weighted by Crippen LogP contribution is -2.42. The normalized spacial score (nSPS) is 11.2. The van der Waals surface area contributed by atoms with Crippen LogP contribution in [-0.2, 0) is 0 Å². The highest BCUT2D eigenvalue weighted by atomic mass is 19.1. The van der Waals surface area contributed by atoms with Gasteiger partial charge in [-0.3, -0.25) is 14.9 Å². The first-order chi connectivity index (χ1) is 9.33. The molecule has 0 aliphatic heterocycles. The van der Waals surface area contributed by atoms with Crippen molar-refractivity contribution in [3.05, 3.63) is 39.7 Å². The van der Waals surface area contributed by atoms with Crippen LogP contribution >= 0.6 is 0 Å². The molecule has 0 bridgehead atoms. The molecule has 0 saturated carbocycles. The number of carbonyl (C=O) groups excluding carboxylic acids is 1. The minimum Gasteiger partial charge on any atom is -0.388 e. The minimum atomic E-state index is -1.06. The van der Waals surface area contributed by atoms with Gasteiger partial charge in [0, 0.05) is 18.7 Å². The number of amides is 1. The van der Waals surface area contributed by atoms with Crippen LogP contribution in [0.15, 0.2) is 18.2 Å². The quantitative estimate of drug-likeness (QED) is 0.617. The second kappa shape index (κ2) is 6.42. The molecule has 6 nitrogen and oxygen atoms in total. The summed E-state index contributed by atoms with van der Waals surface area (Å²) in [5, 5.41) is 23.0. The first kappa shape index (κ1) is 16.0. The van der Waals surface area contributed by atoms with E-state index < -0.39 is 27.8 Å². The highest BCUT2D eigenvalue weighted by Crippen LogP contribution is 2.18. The average Bonchev–Trinajstić information content (AvgIpc) is 2.44. The predicted molar refractivity (Wildman–Crippen MR) is 70.9 cm³/mol. The van der Waals surface area contributed by atoms with E-state index in [2.05, 4.69) is 5.32 Å². The molecule has 0 saturated heterocycles.